The lowest BCUT2D eigenvalue weighted by Crippen LogP contribution is -2.44. The molecule has 33 heavy (non-hydrogen) atoms. The summed E-state index contributed by atoms with van der Waals surface area (Å²) in [5, 5.41) is 5.54. The van der Waals surface area contributed by atoms with Gasteiger partial charge in [0.1, 0.15) is 0 Å². The number of carbonyl (C=O) groups excluding carboxylic acids is 3. The Bertz CT molecular complexity index is 1030. The van der Waals surface area contributed by atoms with Gasteiger partial charge in [-0.1, -0.05) is 0 Å². The number of likely N-dealkylation sites (N-methyl/N-ethyl adjacent to an activating group) is 1. The number of hydrogen-bond acceptors (Lipinski definition) is 6. The van der Waals surface area contributed by atoms with E-state index in [0.717, 1.165) is 31.9 Å². The van der Waals surface area contributed by atoms with Gasteiger partial charge in [0, 0.05) is 63.5 Å². The van der Waals surface area contributed by atoms with E-state index >= 15 is 0 Å². The van der Waals surface area contributed by atoms with Gasteiger partial charge in [-0.25, -0.2) is 4.79 Å². The predicted molar refractivity (Wildman–Crippen MR) is 127 cm³/mol. The average Bonchev–Trinajstić information content (AvgIpc) is 3.04. The molecule has 0 unspecified atom stereocenters. The largest absolute Gasteiger partial charge is 0.385 e. The zero-order valence-corrected chi connectivity index (χ0v) is 19.0. The summed E-state index contributed by atoms with van der Waals surface area (Å²) in [5.41, 5.74) is 2.89. The van der Waals surface area contributed by atoms with Gasteiger partial charge in [0.25, 0.3) is 11.8 Å². The second kappa shape index (κ2) is 10.0. The molecule has 2 aromatic carbocycles. The first kappa shape index (κ1) is 22.8. The van der Waals surface area contributed by atoms with Crippen molar-refractivity contribution in [2.45, 2.75) is 6.42 Å². The van der Waals surface area contributed by atoms with E-state index in [4.69, 9.17) is 4.74 Å². The third kappa shape index (κ3) is 5.15. The summed E-state index contributed by atoms with van der Waals surface area (Å²) in [7, 11) is 3.70. The van der Waals surface area contributed by atoms with E-state index < -0.39 is 6.03 Å². The molecule has 2 aliphatic rings. The van der Waals surface area contributed by atoms with E-state index in [1.54, 1.807) is 25.3 Å². The van der Waals surface area contributed by atoms with Crippen molar-refractivity contribution in [1.82, 2.24) is 9.80 Å². The highest BCUT2D eigenvalue weighted by molar-refractivity contribution is 6.22. The molecule has 0 aromatic heterocycles. The molecule has 2 heterocycles. The molecule has 0 spiro atoms. The van der Waals surface area contributed by atoms with Crippen LogP contribution in [0.2, 0.25) is 0 Å². The molecule has 0 radical (unpaired) electrons. The van der Waals surface area contributed by atoms with Crippen LogP contribution in [-0.4, -0.2) is 81.1 Å². The third-order valence-corrected chi connectivity index (χ3v) is 5.95. The molecule has 9 heteroatoms. The topological polar surface area (TPSA) is 94.2 Å². The maximum atomic E-state index is 12.6. The quantitative estimate of drug-likeness (QED) is 0.497. The molecule has 174 valence electrons. The Balaban J connectivity index is 1.35. The number of nitrogens with one attached hydrogen (secondary N) is 2. The van der Waals surface area contributed by atoms with Gasteiger partial charge in [-0.15, -0.1) is 0 Å². The van der Waals surface area contributed by atoms with E-state index in [2.05, 4.69) is 27.5 Å². The lowest BCUT2D eigenvalue weighted by molar-refractivity contribution is 0.0638. The number of rotatable bonds is 7. The average molecular weight is 452 g/mol. The molecular formula is C24H29N5O4. The molecule has 0 bridgehead atoms. The number of nitrogens with zero attached hydrogens (tertiary/aromatic N) is 3. The number of hydrogen-bond donors (Lipinski definition) is 2. The first-order valence-corrected chi connectivity index (χ1v) is 11.1. The molecule has 9 nitrogen and oxygen atoms in total. The summed E-state index contributed by atoms with van der Waals surface area (Å²) < 4.78 is 4.99. The van der Waals surface area contributed by atoms with Crippen LogP contribution in [0.5, 0.6) is 0 Å². The highest BCUT2D eigenvalue weighted by atomic mass is 16.5. The molecule has 2 aliphatic heterocycles. The molecule has 1 fully saturated rings. The van der Waals surface area contributed by atoms with Crippen molar-refractivity contribution < 1.29 is 19.1 Å². The van der Waals surface area contributed by atoms with Crippen LogP contribution in [-0.2, 0) is 4.74 Å². The Hall–Kier alpha value is -3.43. The smallest absolute Gasteiger partial charge is 0.323 e. The fraction of sp³-hybridized carbons (Fsp3) is 0.375. The SMILES string of the molecule is COCCCN1C(=O)c2ccc(NC(=O)Nc3ccc(N4CCN(C)CC4)cc3)cc2C1=O. The zero-order chi connectivity index (χ0) is 23.4. The Morgan fingerprint density at radius 1 is 0.909 bits per heavy atom. The highest BCUT2D eigenvalue weighted by Gasteiger charge is 2.35. The van der Waals surface area contributed by atoms with Crippen molar-refractivity contribution >= 4 is 34.9 Å². The number of benzene rings is 2. The number of ether oxygens (including phenoxy) is 1. The molecule has 2 aromatic rings. The Morgan fingerprint density at radius 2 is 1.55 bits per heavy atom. The number of imide groups is 1. The second-order valence-electron chi connectivity index (χ2n) is 8.28. The highest BCUT2D eigenvalue weighted by Crippen LogP contribution is 2.26. The Kier molecular flexibility index (Phi) is 6.90. The molecule has 2 N–H and O–H groups in total. The van der Waals surface area contributed by atoms with Crippen molar-refractivity contribution in [3.63, 3.8) is 0 Å². The van der Waals surface area contributed by atoms with Crippen LogP contribution in [0.15, 0.2) is 42.5 Å². The zero-order valence-electron chi connectivity index (χ0n) is 19.0. The number of anilines is 3. The summed E-state index contributed by atoms with van der Waals surface area (Å²) in [6, 6.07) is 12.1. The molecule has 0 atom stereocenters. The molecule has 0 saturated carbocycles. The number of methoxy groups -OCH3 is 1. The second-order valence-corrected chi connectivity index (χ2v) is 8.28. The maximum Gasteiger partial charge on any atom is 0.323 e. The minimum absolute atomic E-state index is 0.298. The van der Waals surface area contributed by atoms with Gasteiger partial charge < -0.3 is 25.2 Å². The fourth-order valence-corrected chi connectivity index (χ4v) is 4.05. The minimum Gasteiger partial charge on any atom is -0.385 e. The van der Waals surface area contributed by atoms with Gasteiger partial charge >= 0.3 is 6.03 Å². The van der Waals surface area contributed by atoms with Gasteiger partial charge in [0.2, 0.25) is 0 Å². The van der Waals surface area contributed by atoms with Crippen LogP contribution in [0.1, 0.15) is 27.1 Å². The van der Waals surface area contributed by atoms with Gasteiger partial charge in [-0.2, -0.15) is 0 Å². The standard InChI is InChI=1S/C24H29N5O4/c1-27-11-13-28(14-12-27)19-7-4-17(5-8-19)25-24(32)26-18-6-9-20-21(16-18)23(31)29(22(20)30)10-3-15-33-2/h4-9,16H,3,10-15H2,1-2H3,(H2,25,26,32). The summed E-state index contributed by atoms with van der Waals surface area (Å²) >= 11 is 0. The van der Waals surface area contributed by atoms with E-state index in [1.807, 2.05) is 24.3 Å². The number of urea groups is 1. The van der Waals surface area contributed by atoms with Gasteiger partial charge in [-0.3, -0.25) is 14.5 Å². The van der Waals surface area contributed by atoms with E-state index in [0.29, 0.717) is 42.1 Å². The molecule has 0 aliphatic carbocycles. The third-order valence-electron chi connectivity index (χ3n) is 5.95. The first-order valence-electron chi connectivity index (χ1n) is 11.1. The fourth-order valence-electron chi connectivity index (χ4n) is 4.05. The first-order chi connectivity index (χ1) is 16.0. The van der Waals surface area contributed by atoms with Crippen LogP contribution in [0.4, 0.5) is 21.9 Å². The number of fused-ring (bicyclic) bond motifs is 1. The molecule has 1 saturated heterocycles. The van der Waals surface area contributed by atoms with Crippen molar-refractivity contribution in [2.24, 2.45) is 0 Å². The lowest BCUT2D eigenvalue weighted by Gasteiger charge is -2.34. The van der Waals surface area contributed by atoms with Crippen LogP contribution in [0, 0.1) is 0 Å². The molecule has 4 amide bonds. The summed E-state index contributed by atoms with van der Waals surface area (Å²) in [6.45, 7) is 4.79. The van der Waals surface area contributed by atoms with E-state index in [9.17, 15) is 14.4 Å². The summed E-state index contributed by atoms with van der Waals surface area (Å²) in [6.07, 6.45) is 0.572. The molecular weight excluding hydrogens is 422 g/mol. The van der Waals surface area contributed by atoms with Crippen molar-refractivity contribution in [3.8, 4) is 0 Å². The van der Waals surface area contributed by atoms with Crippen molar-refractivity contribution in [1.29, 1.82) is 0 Å². The Morgan fingerprint density at radius 3 is 2.24 bits per heavy atom. The van der Waals surface area contributed by atoms with Gasteiger partial charge in [0.05, 0.1) is 11.1 Å². The predicted octanol–water partition coefficient (Wildman–Crippen LogP) is 2.71. The lowest BCUT2D eigenvalue weighted by atomic mass is 10.1. The van der Waals surface area contributed by atoms with Crippen molar-refractivity contribution in [3.05, 3.63) is 53.6 Å². The summed E-state index contributed by atoms with van der Waals surface area (Å²) in [5.74, 6) is -0.669. The molecule has 4 rings (SSSR count). The van der Waals surface area contributed by atoms with E-state index in [1.165, 1.54) is 4.90 Å². The number of amides is 4. The summed E-state index contributed by atoms with van der Waals surface area (Å²) in [4.78, 5) is 43.5. The van der Waals surface area contributed by atoms with Crippen LogP contribution < -0.4 is 15.5 Å². The number of carbonyl (C=O) groups is 3. The van der Waals surface area contributed by atoms with Gasteiger partial charge in [0.15, 0.2) is 0 Å². The van der Waals surface area contributed by atoms with Crippen LogP contribution >= 0.6 is 0 Å². The number of piperazine rings is 1. The van der Waals surface area contributed by atoms with Gasteiger partial charge in [-0.05, 0) is 55.9 Å². The van der Waals surface area contributed by atoms with Crippen LogP contribution in [0.3, 0.4) is 0 Å². The monoisotopic (exact) mass is 451 g/mol. The van der Waals surface area contributed by atoms with Crippen LogP contribution in [0.25, 0.3) is 0 Å². The van der Waals surface area contributed by atoms with E-state index in [-0.39, 0.29) is 11.8 Å². The van der Waals surface area contributed by atoms with Crippen molar-refractivity contribution in [2.75, 3.05) is 69.0 Å². The Labute approximate surface area is 193 Å². The maximum absolute atomic E-state index is 12.6. The normalized spacial score (nSPS) is 16.2. The minimum atomic E-state index is -0.420.